The van der Waals surface area contributed by atoms with Crippen LogP contribution in [0.5, 0.6) is 0 Å². The quantitative estimate of drug-likeness (QED) is 0.585. The van der Waals surface area contributed by atoms with Gasteiger partial charge < -0.3 is 25.4 Å². The first kappa shape index (κ1) is 12.3. The third kappa shape index (κ3) is 2.39. The highest BCUT2D eigenvalue weighted by atomic mass is 19.1. The number of aliphatic hydroxyl groups is 3. The van der Waals surface area contributed by atoms with Crippen LogP contribution in [-0.2, 0) is 4.74 Å². The smallest absolute Gasteiger partial charge is 0.157 e. The van der Waals surface area contributed by atoms with E-state index in [9.17, 15) is 14.6 Å². The summed E-state index contributed by atoms with van der Waals surface area (Å²) in [6, 6.07) is 5.93. The van der Waals surface area contributed by atoms with Crippen molar-refractivity contribution in [3.05, 3.63) is 30.1 Å². The van der Waals surface area contributed by atoms with Crippen molar-refractivity contribution < 1.29 is 24.4 Å². The molecule has 1 aromatic carbocycles. The van der Waals surface area contributed by atoms with Crippen molar-refractivity contribution in [1.82, 2.24) is 0 Å². The van der Waals surface area contributed by atoms with Crippen molar-refractivity contribution in [2.75, 3.05) is 11.9 Å². The molecule has 94 valence electrons. The molecule has 4 atom stereocenters. The lowest BCUT2D eigenvalue weighted by Gasteiger charge is -2.17. The molecule has 1 saturated heterocycles. The summed E-state index contributed by atoms with van der Waals surface area (Å²) >= 11 is 0. The Kier molecular flexibility index (Phi) is 3.58. The largest absolute Gasteiger partial charge is 0.394 e. The van der Waals surface area contributed by atoms with E-state index < -0.39 is 37.0 Å². The van der Waals surface area contributed by atoms with Crippen molar-refractivity contribution in [1.29, 1.82) is 0 Å². The second-order valence-corrected chi connectivity index (χ2v) is 3.88. The molecule has 6 heteroatoms. The summed E-state index contributed by atoms with van der Waals surface area (Å²) in [5.74, 6) is -0.481. The van der Waals surface area contributed by atoms with Gasteiger partial charge in [0.2, 0.25) is 0 Å². The number of benzene rings is 1. The van der Waals surface area contributed by atoms with Crippen LogP contribution in [-0.4, -0.2) is 46.5 Å². The Bertz CT molecular complexity index is 389. The molecule has 4 N–H and O–H groups in total. The van der Waals surface area contributed by atoms with Crippen molar-refractivity contribution in [3.63, 3.8) is 0 Å². The Labute approximate surface area is 97.5 Å². The van der Waals surface area contributed by atoms with Gasteiger partial charge in [-0.05, 0) is 12.1 Å². The van der Waals surface area contributed by atoms with Gasteiger partial charge in [0, 0.05) is 0 Å². The van der Waals surface area contributed by atoms with Crippen LogP contribution in [0.1, 0.15) is 0 Å². The molecule has 1 aliphatic rings. The number of anilines is 1. The molecule has 1 fully saturated rings. The minimum atomic E-state index is -1.22. The number of hydrogen-bond donors (Lipinski definition) is 4. The van der Waals surface area contributed by atoms with Gasteiger partial charge >= 0.3 is 0 Å². The average molecular weight is 243 g/mol. The summed E-state index contributed by atoms with van der Waals surface area (Å²) in [6.45, 7) is -0.409. The summed E-state index contributed by atoms with van der Waals surface area (Å²) in [6.07, 6.45) is -4.22. The van der Waals surface area contributed by atoms with Crippen LogP contribution in [0.4, 0.5) is 10.1 Å². The Morgan fingerprint density at radius 2 is 1.94 bits per heavy atom. The minimum Gasteiger partial charge on any atom is -0.394 e. The molecule has 0 radical (unpaired) electrons. The van der Waals surface area contributed by atoms with Gasteiger partial charge in [0.15, 0.2) is 6.23 Å². The van der Waals surface area contributed by atoms with Gasteiger partial charge in [0.1, 0.15) is 24.1 Å². The predicted octanol–water partition coefficient (Wildman–Crippen LogP) is -0.323. The Hall–Kier alpha value is -1.21. The molecule has 1 heterocycles. The molecule has 0 bridgehead atoms. The highest BCUT2D eigenvalue weighted by Crippen LogP contribution is 2.24. The number of nitrogens with one attached hydrogen (secondary N) is 1. The molecule has 0 aromatic heterocycles. The Balaban J connectivity index is 2.08. The second-order valence-electron chi connectivity index (χ2n) is 3.88. The molecule has 0 spiro atoms. The van der Waals surface area contributed by atoms with Crippen molar-refractivity contribution in [2.24, 2.45) is 0 Å². The number of para-hydroxylation sites is 1. The normalized spacial score (nSPS) is 32.7. The van der Waals surface area contributed by atoms with Crippen LogP contribution in [0.15, 0.2) is 24.3 Å². The molecule has 1 aliphatic heterocycles. The lowest BCUT2D eigenvalue weighted by atomic mass is 10.1. The van der Waals surface area contributed by atoms with Gasteiger partial charge in [0.05, 0.1) is 12.3 Å². The number of rotatable bonds is 3. The zero-order valence-electron chi connectivity index (χ0n) is 8.95. The van der Waals surface area contributed by atoms with Crippen molar-refractivity contribution in [3.8, 4) is 0 Å². The van der Waals surface area contributed by atoms with Gasteiger partial charge in [-0.1, -0.05) is 12.1 Å². The monoisotopic (exact) mass is 243 g/mol. The van der Waals surface area contributed by atoms with Crippen LogP contribution in [0.3, 0.4) is 0 Å². The fourth-order valence-corrected chi connectivity index (χ4v) is 1.75. The molecule has 0 unspecified atom stereocenters. The number of ether oxygens (including phenoxy) is 1. The van der Waals surface area contributed by atoms with Gasteiger partial charge in [0.25, 0.3) is 0 Å². The number of halogens is 1. The maximum absolute atomic E-state index is 13.3. The third-order valence-electron chi connectivity index (χ3n) is 2.71. The molecule has 17 heavy (non-hydrogen) atoms. The lowest BCUT2D eigenvalue weighted by Crippen LogP contribution is -2.36. The van der Waals surface area contributed by atoms with E-state index in [4.69, 9.17) is 9.84 Å². The fourth-order valence-electron chi connectivity index (χ4n) is 1.75. The number of hydrogen-bond acceptors (Lipinski definition) is 5. The highest BCUT2D eigenvalue weighted by molar-refractivity contribution is 5.45. The van der Waals surface area contributed by atoms with Gasteiger partial charge in [-0.3, -0.25) is 0 Å². The summed E-state index contributed by atoms with van der Waals surface area (Å²) in [5.41, 5.74) is 0.169. The van der Waals surface area contributed by atoms with Crippen molar-refractivity contribution in [2.45, 2.75) is 24.5 Å². The summed E-state index contributed by atoms with van der Waals surface area (Å²) < 4.78 is 18.5. The summed E-state index contributed by atoms with van der Waals surface area (Å²) in [5, 5.41) is 30.7. The van der Waals surface area contributed by atoms with E-state index in [0.717, 1.165) is 0 Å². The summed E-state index contributed by atoms with van der Waals surface area (Å²) in [4.78, 5) is 0. The third-order valence-corrected chi connectivity index (χ3v) is 2.71. The molecule has 2 rings (SSSR count). The van der Waals surface area contributed by atoms with Crippen LogP contribution in [0.25, 0.3) is 0 Å². The first-order valence-corrected chi connectivity index (χ1v) is 5.27. The van der Waals surface area contributed by atoms with Crippen LogP contribution in [0.2, 0.25) is 0 Å². The summed E-state index contributed by atoms with van der Waals surface area (Å²) in [7, 11) is 0. The molecule has 1 aromatic rings. The minimum absolute atomic E-state index is 0.169. The van der Waals surface area contributed by atoms with E-state index in [1.54, 1.807) is 6.07 Å². The maximum Gasteiger partial charge on any atom is 0.157 e. The first-order chi connectivity index (χ1) is 8.13. The van der Waals surface area contributed by atoms with Crippen LogP contribution < -0.4 is 5.32 Å². The van der Waals surface area contributed by atoms with E-state index in [1.807, 2.05) is 0 Å². The molecule has 0 aliphatic carbocycles. The highest BCUT2D eigenvalue weighted by Gasteiger charge is 2.42. The first-order valence-electron chi connectivity index (χ1n) is 5.27. The topological polar surface area (TPSA) is 82.0 Å². The molecular weight excluding hydrogens is 229 g/mol. The fraction of sp³-hybridized carbons (Fsp3) is 0.455. The van der Waals surface area contributed by atoms with E-state index >= 15 is 0 Å². The zero-order chi connectivity index (χ0) is 12.4. The van der Waals surface area contributed by atoms with E-state index in [-0.39, 0.29) is 5.69 Å². The molecule has 0 saturated carbocycles. The SMILES string of the molecule is OC[C@H]1O[C@@H](Nc2ccccc2F)[C@H](O)[C@@H]1O. The lowest BCUT2D eigenvalue weighted by molar-refractivity contribution is -0.0153. The molecular formula is C11H14FNO4. The van der Waals surface area contributed by atoms with Crippen LogP contribution >= 0.6 is 0 Å². The zero-order valence-corrected chi connectivity index (χ0v) is 8.95. The molecule has 0 amide bonds. The van der Waals surface area contributed by atoms with Gasteiger partial charge in [-0.15, -0.1) is 0 Å². The maximum atomic E-state index is 13.3. The standard InChI is InChI=1S/C11H14FNO4/c12-6-3-1-2-4-7(6)13-11-10(16)9(15)8(5-14)17-11/h1-4,8-11,13-16H,5H2/t8-,9-,10-,11-/m1/s1. The Morgan fingerprint density at radius 3 is 2.53 bits per heavy atom. The van der Waals surface area contributed by atoms with Gasteiger partial charge in [-0.25, -0.2) is 4.39 Å². The van der Waals surface area contributed by atoms with E-state index in [0.29, 0.717) is 0 Å². The Morgan fingerprint density at radius 1 is 1.24 bits per heavy atom. The predicted molar refractivity (Wildman–Crippen MR) is 57.8 cm³/mol. The average Bonchev–Trinajstić information content (AvgIpc) is 2.60. The van der Waals surface area contributed by atoms with Gasteiger partial charge in [-0.2, -0.15) is 0 Å². The van der Waals surface area contributed by atoms with Crippen molar-refractivity contribution >= 4 is 5.69 Å². The second kappa shape index (κ2) is 4.97. The molecule has 5 nitrogen and oxygen atoms in total. The van der Waals surface area contributed by atoms with Crippen LogP contribution in [0, 0.1) is 5.82 Å². The van der Waals surface area contributed by atoms with E-state index in [2.05, 4.69) is 5.32 Å². The van der Waals surface area contributed by atoms with E-state index in [1.165, 1.54) is 18.2 Å². The number of aliphatic hydroxyl groups excluding tert-OH is 3.